The van der Waals surface area contributed by atoms with Crippen LogP contribution in [-0.2, 0) is 6.42 Å². The van der Waals surface area contributed by atoms with Gasteiger partial charge in [-0.25, -0.2) is 9.97 Å². The first-order valence-electron chi connectivity index (χ1n) is 6.08. The molecule has 0 spiro atoms. The minimum Gasteiger partial charge on any atom is -0.367 e. The molecule has 1 saturated carbocycles. The van der Waals surface area contributed by atoms with Crippen molar-refractivity contribution in [3.05, 3.63) is 16.5 Å². The van der Waals surface area contributed by atoms with Crippen molar-refractivity contribution in [2.24, 2.45) is 0 Å². The molecule has 1 aromatic heterocycles. The van der Waals surface area contributed by atoms with Crippen LogP contribution in [0.15, 0.2) is 10.7 Å². The van der Waals surface area contributed by atoms with Crippen LogP contribution in [0.4, 0.5) is 5.82 Å². The molecule has 0 amide bonds. The van der Waals surface area contributed by atoms with E-state index in [9.17, 15) is 0 Å². The van der Waals surface area contributed by atoms with E-state index in [1.54, 1.807) is 0 Å². The highest BCUT2D eigenvalue weighted by Gasteiger charge is 2.13. The van der Waals surface area contributed by atoms with Crippen molar-refractivity contribution in [1.29, 1.82) is 0 Å². The number of rotatable bonds is 3. The van der Waals surface area contributed by atoms with E-state index in [0.717, 1.165) is 22.7 Å². The summed E-state index contributed by atoms with van der Waals surface area (Å²) < 4.78 is 0.873. The predicted molar refractivity (Wildman–Crippen MR) is 69.6 cm³/mol. The molecule has 16 heavy (non-hydrogen) atoms. The van der Waals surface area contributed by atoms with Gasteiger partial charge in [-0.2, -0.15) is 0 Å². The Hall–Kier alpha value is -0.640. The second-order valence-electron chi connectivity index (χ2n) is 4.32. The van der Waals surface area contributed by atoms with Crippen LogP contribution in [0.1, 0.15) is 44.9 Å². The van der Waals surface area contributed by atoms with Gasteiger partial charge in [-0.1, -0.05) is 26.2 Å². The monoisotopic (exact) mass is 283 g/mol. The molecule has 88 valence electrons. The molecule has 1 fully saturated rings. The van der Waals surface area contributed by atoms with Gasteiger partial charge in [0.1, 0.15) is 16.2 Å². The van der Waals surface area contributed by atoms with Crippen LogP contribution in [-0.4, -0.2) is 16.0 Å². The average Bonchev–Trinajstić information content (AvgIpc) is 2.29. The smallest absolute Gasteiger partial charge is 0.131 e. The normalized spacial score (nSPS) is 17.4. The Kier molecular flexibility index (Phi) is 4.16. The van der Waals surface area contributed by atoms with Crippen LogP contribution >= 0.6 is 15.9 Å². The van der Waals surface area contributed by atoms with E-state index in [0.29, 0.717) is 6.04 Å². The van der Waals surface area contributed by atoms with E-state index < -0.39 is 0 Å². The standard InChI is InChI=1S/C12H18BrN3/c1-2-11-15-10(13)8-12(16-11)14-9-6-4-3-5-7-9/h8-9H,2-7H2,1H3,(H,14,15,16). The van der Waals surface area contributed by atoms with E-state index >= 15 is 0 Å². The van der Waals surface area contributed by atoms with Crippen LogP contribution in [0.25, 0.3) is 0 Å². The van der Waals surface area contributed by atoms with Gasteiger partial charge in [-0.15, -0.1) is 0 Å². The maximum atomic E-state index is 4.49. The van der Waals surface area contributed by atoms with Crippen LogP contribution in [0.5, 0.6) is 0 Å². The molecule has 1 aliphatic carbocycles. The molecule has 3 nitrogen and oxygen atoms in total. The summed E-state index contributed by atoms with van der Waals surface area (Å²) in [6.07, 6.45) is 7.46. The number of nitrogens with zero attached hydrogens (tertiary/aromatic N) is 2. The van der Waals surface area contributed by atoms with Crippen LogP contribution in [0.2, 0.25) is 0 Å². The van der Waals surface area contributed by atoms with E-state index in [2.05, 4.69) is 38.1 Å². The summed E-state index contributed by atoms with van der Waals surface area (Å²) in [7, 11) is 0. The SMILES string of the molecule is CCc1nc(Br)cc(NC2CCCCC2)n1. The maximum Gasteiger partial charge on any atom is 0.131 e. The Morgan fingerprint density at radius 1 is 1.31 bits per heavy atom. The second-order valence-corrected chi connectivity index (χ2v) is 5.14. The summed E-state index contributed by atoms with van der Waals surface area (Å²) in [5.74, 6) is 1.86. The first-order valence-corrected chi connectivity index (χ1v) is 6.87. The van der Waals surface area contributed by atoms with E-state index in [4.69, 9.17) is 0 Å². The van der Waals surface area contributed by atoms with Crippen molar-refractivity contribution in [3.63, 3.8) is 0 Å². The number of halogens is 1. The first-order chi connectivity index (χ1) is 7.78. The molecule has 1 aliphatic rings. The van der Waals surface area contributed by atoms with Crippen molar-refractivity contribution in [3.8, 4) is 0 Å². The van der Waals surface area contributed by atoms with E-state index in [1.165, 1.54) is 32.1 Å². The molecular formula is C12H18BrN3. The third-order valence-electron chi connectivity index (χ3n) is 3.01. The molecule has 1 heterocycles. The van der Waals surface area contributed by atoms with Gasteiger partial charge < -0.3 is 5.32 Å². The fourth-order valence-electron chi connectivity index (χ4n) is 2.15. The first kappa shape index (κ1) is 11.8. The zero-order valence-corrected chi connectivity index (χ0v) is 11.3. The quantitative estimate of drug-likeness (QED) is 0.863. The average molecular weight is 284 g/mol. The number of aromatic nitrogens is 2. The second kappa shape index (κ2) is 5.62. The molecule has 0 aliphatic heterocycles. The number of anilines is 1. The highest BCUT2D eigenvalue weighted by atomic mass is 79.9. The molecule has 0 unspecified atom stereocenters. The van der Waals surface area contributed by atoms with Gasteiger partial charge in [0, 0.05) is 18.5 Å². The summed E-state index contributed by atoms with van der Waals surface area (Å²) >= 11 is 3.43. The predicted octanol–water partition coefficient (Wildman–Crippen LogP) is 3.55. The zero-order valence-electron chi connectivity index (χ0n) is 9.67. The molecule has 2 rings (SSSR count). The van der Waals surface area contributed by atoms with Crippen molar-refractivity contribution in [2.75, 3.05) is 5.32 Å². The van der Waals surface area contributed by atoms with Crippen LogP contribution < -0.4 is 5.32 Å². The highest BCUT2D eigenvalue weighted by Crippen LogP contribution is 2.22. The summed E-state index contributed by atoms with van der Waals surface area (Å²) in [5.41, 5.74) is 0. The van der Waals surface area contributed by atoms with Crippen LogP contribution in [0.3, 0.4) is 0 Å². The molecule has 0 saturated heterocycles. The largest absolute Gasteiger partial charge is 0.367 e. The fraction of sp³-hybridized carbons (Fsp3) is 0.667. The number of hydrogen-bond acceptors (Lipinski definition) is 3. The lowest BCUT2D eigenvalue weighted by molar-refractivity contribution is 0.461. The maximum absolute atomic E-state index is 4.49. The number of nitrogens with one attached hydrogen (secondary N) is 1. The Bertz CT molecular complexity index is 348. The molecule has 1 aromatic rings. The summed E-state index contributed by atoms with van der Waals surface area (Å²) in [6, 6.07) is 2.56. The van der Waals surface area contributed by atoms with Gasteiger partial charge in [-0.05, 0) is 28.8 Å². The van der Waals surface area contributed by atoms with E-state index in [1.807, 2.05) is 6.07 Å². The van der Waals surface area contributed by atoms with Gasteiger partial charge in [-0.3, -0.25) is 0 Å². The van der Waals surface area contributed by atoms with Gasteiger partial charge >= 0.3 is 0 Å². The molecule has 0 aromatic carbocycles. The van der Waals surface area contributed by atoms with Crippen molar-refractivity contribution >= 4 is 21.7 Å². The summed E-state index contributed by atoms with van der Waals surface area (Å²) in [4.78, 5) is 8.80. The topological polar surface area (TPSA) is 37.8 Å². The highest BCUT2D eigenvalue weighted by molar-refractivity contribution is 9.10. The molecule has 0 radical (unpaired) electrons. The van der Waals surface area contributed by atoms with Crippen molar-refractivity contribution in [2.45, 2.75) is 51.5 Å². The molecule has 1 N–H and O–H groups in total. The Balaban J connectivity index is 2.04. The lowest BCUT2D eigenvalue weighted by atomic mass is 9.95. The minimum absolute atomic E-state index is 0.597. The van der Waals surface area contributed by atoms with E-state index in [-0.39, 0.29) is 0 Å². The third-order valence-corrected chi connectivity index (χ3v) is 3.42. The van der Waals surface area contributed by atoms with Crippen molar-refractivity contribution in [1.82, 2.24) is 9.97 Å². The Labute approximate surface area is 105 Å². The number of aryl methyl sites for hydroxylation is 1. The molecule has 4 heteroatoms. The Morgan fingerprint density at radius 2 is 2.06 bits per heavy atom. The van der Waals surface area contributed by atoms with Gasteiger partial charge in [0.05, 0.1) is 0 Å². The number of hydrogen-bond donors (Lipinski definition) is 1. The molecular weight excluding hydrogens is 266 g/mol. The van der Waals surface area contributed by atoms with Gasteiger partial charge in [0.25, 0.3) is 0 Å². The molecule has 0 atom stereocenters. The lowest BCUT2D eigenvalue weighted by Gasteiger charge is -2.23. The third kappa shape index (κ3) is 3.17. The van der Waals surface area contributed by atoms with Gasteiger partial charge in [0.15, 0.2) is 0 Å². The van der Waals surface area contributed by atoms with Crippen LogP contribution in [0, 0.1) is 0 Å². The lowest BCUT2D eigenvalue weighted by Crippen LogP contribution is -2.23. The fourth-order valence-corrected chi connectivity index (χ4v) is 2.57. The summed E-state index contributed by atoms with van der Waals surface area (Å²) in [5, 5.41) is 3.52. The van der Waals surface area contributed by atoms with Crippen molar-refractivity contribution < 1.29 is 0 Å². The van der Waals surface area contributed by atoms with Gasteiger partial charge in [0.2, 0.25) is 0 Å². The zero-order chi connectivity index (χ0) is 11.4. The minimum atomic E-state index is 0.597. The Morgan fingerprint density at radius 3 is 2.75 bits per heavy atom. The molecule has 0 bridgehead atoms. The summed E-state index contributed by atoms with van der Waals surface area (Å²) in [6.45, 7) is 2.08.